The van der Waals surface area contributed by atoms with E-state index in [0.717, 1.165) is 56.4 Å². The minimum absolute atomic E-state index is 0.00781. The van der Waals surface area contributed by atoms with Crippen molar-refractivity contribution < 1.29 is 9.59 Å². The number of piperidine rings is 1. The van der Waals surface area contributed by atoms with Crippen LogP contribution in [0.4, 0.5) is 5.69 Å². The summed E-state index contributed by atoms with van der Waals surface area (Å²) in [5.41, 5.74) is 3.19. The van der Waals surface area contributed by atoms with E-state index in [2.05, 4.69) is 33.4 Å². The number of nitrogens with zero attached hydrogens (tertiary/aromatic N) is 2. The maximum Gasteiger partial charge on any atom is 0.232 e. The van der Waals surface area contributed by atoms with Crippen LogP contribution in [0.2, 0.25) is 0 Å². The van der Waals surface area contributed by atoms with Crippen LogP contribution in [0, 0.1) is 5.92 Å². The van der Waals surface area contributed by atoms with E-state index in [9.17, 15) is 9.59 Å². The number of nitrogens with one attached hydrogen (secondary N) is 1. The molecule has 5 rings (SSSR count). The van der Waals surface area contributed by atoms with E-state index in [1.807, 2.05) is 18.2 Å². The molecule has 1 N–H and O–H groups in total. The van der Waals surface area contributed by atoms with Crippen LogP contribution in [0.3, 0.4) is 0 Å². The van der Waals surface area contributed by atoms with Crippen molar-refractivity contribution in [3.8, 4) is 0 Å². The average molecular weight is 375 g/mol. The molecule has 1 aliphatic heterocycles. The lowest BCUT2D eigenvalue weighted by molar-refractivity contribution is -0.134. The summed E-state index contributed by atoms with van der Waals surface area (Å²) in [7, 11) is 0. The van der Waals surface area contributed by atoms with Crippen LogP contribution in [0.25, 0.3) is 0 Å². The van der Waals surface area contributed by atoms with Crippen LogP contribution < -0.4 is 5.32 Å². The largest absolute Gasteiger partial charge is 0.342 e. The van der Waals surface area contributed by atoms with Gasteiger partial charge < -0.3 is 10.2 Å². The highest BCUT2D eigenvalue weighted by Crippen LogP contribution is 2.52. The number of rotatable bonds is 3. The van der Waals surface area contributed by atoms with E-state index in [-0.39, 0.29) is 23.2 Å². The normalized spacial score (nSPS) is 22.7. The summed E-state index contributed by atoms with van der Waals surface area (Å²) in [4.78, 5) is 31.6. The minimum Gasteiger partial charge on any atom is -0.342 e. The zero-order valence-electron chi connectivity index (χ0n) is 15.9. The van der Waals surface area contributed by atoms with E-state index >= 15 is 0 Å². The Morgan fingerprint density at radius 1 is 1.07 bits per heavy atom. The van der Waals surface area contributed by atoms with Gasteiger partial charge in [0.15, 0.2) is 0 Å². The molecule has 1 aromatic carbocycles. The monoisotopic (exact) mass is 375 g/mol. The lowest BCUT2D eigenvalue weighted by Gasteiger charge is -2.40. The van der Waals surface area contributed by atoms with Crippen LogP contribution in [0.5, 0.6) is 0 Å². The molecule has 5 nitrogen and oxygen atoms in total. The minimum atomic E-state index is -0.151. The number of anilines is 1. The first-order chi connectivity index (χ1) is 13.7. The lowest BCUT2D eigenvalue weighted by atomic mass is 9.73. The van der Waals surface area contributed by atoms with Gasteiger partial charge in [-0.15, -0.1) is 0 Å². The molecule has 3 aliphatic rings. The van der Waals surface area contributed by atoms with Crippen LogP contribution in [0.1, 0.15) is 49.1 Å². The molecule has 1 saturated carbocycles. The summed E-state index contributed by atoms with van der Waals surface area (Å²) < 4.78 is 0. The summed E-state index contributed by atoms with van der Waals surface area (Å²) in [5.74, 6) is 0.505. The van der Waals surface area contributed by atoms with Crippen molar-refractivity contribution in [3.05, 3.63) is 59.9 Å². The van der Waals surface area contributed by atoms with Gasteiger partial charge in [-0.2, -0.15) is 0 Å². The Morgan fingerprint density at radius 2 is 1.86 bits per heavy atom. The Labute approximate surface area is 165 Å². The molecule has 144 valence electrons. The number of fused-ring (bicyclic) bond motifs is 2. The highest BCUT2D eigenvalue weighted by molar-refractivity contribution is 5.96. The summed E-state index contributed by atoms with van der Waals surface area (Å²) in [5, 5.41) is 3.03. The smallest absolute Gasteiger partial charge is 0.232 e. The number of hydrogen-bond acceptors (Lipinski definition) is 3. The highest BCUT2D eigenvalue weighted by atomic mass is 16.2. The first-order valence-corrected chi connectivity index (χ1v) is 10.3. The van der Waals surface area contributed by atoms with Gasteiger partial charge in [-0.05, 0) is 55.4 Å². The molecule has 2 amide bonds. The molecule has 28 heavy (non-hydrogen) atoms. The van der Waals surface area contributed by atoms with Gasteiger partial charge >= 0.3 is 0 Å². The molecular formula is C23H25N3O2. The molecule has 5 heteroatoms. The van der Waals surface area contributed by atoms with Crippen LogP contribution in [-0.2, 0) is 15.0 Å². The summed E-state index contributed by atoms with van der Waals surface area (Å²) >= 11 is 0. The number of aromatic nitrogens is 1. The second kappa shape index (κ2) is 6.73. The van der Waals surface area contributed by atoms with Gasteiger partial charge in [0.1, 0.15) is 0 Å². The van der Waals surface area contributed by atoms with Crippen LogP contribution in [-0.4, -0.2) is 34.8 Å². The Morgan fingerprint density at radius 3 is 2.57 bits per heavy atom. The van der Waals surface area contributed by atoms with E-state index < -0.39 is 0 Å². The predicted molar refractivity (Wildman–Crippen MR) is 107 cm³/mol. The van der Waals surface area contributed by atoms with Crippen molar-refractivity contribution in [1.29, 1.82) is 0 Å². The van der Waals surface area contributed by atoms with Crippen molar-refractivity contribution in [2.75, 3.05) is 18.4 Å². The van der Waals surface area contributed by atoms with Crippen molar-refractivity contribution >= 4 is 17.5 Å². The van der Waals surface area contributed by atoms with E-state index in [1.165, 1.54) is 5.56 Å². The van der Waals surface area contributed by atoms with Gasteiger partial charge in [-0.1, -0.05) is 24.3 Å². The average Bonchev–Trinajstić information content (AvgIpc) is 3.54. The Bertz CT molecular complexity index is 899. The summed E-state index contributed by atoms with van der Waals surface area (Å²) in [6, 6.07) is 12.1. The second-order valence-corrected chi connectivity index (χ2v) is 8.45. The molecule has 1 spiro atoms. The molecule has 1 aromatic heterocycles. The van der Waals surface area contributed by atoms with Gasteiger partial charge in [0, 0.05) is 30.6 Å². The maximum atomic E-state index is 13.1. The van der Waals surface area contributed by atoms with Gasteiger partial charge in [0.25, 0.3) is 0 Å². The van der Waals surface area contributed by atoms with Crippen LogP contribution >= 0.6 is 0 Å². The number of amides is 2. The third kappa shape index (κ3) is 2.99. The number of carbonyl (C=O) groups is 2. The fourth-order valence-electron chi connectivity index (χ4n) is 5.01. The quantitative estimate of drug-likeness (QED) is 0.893. The Balaban J connectivity index is 1.36. The van der Waals surface area contributed by atoms with E-state index in [1.54, 1.807) is 12.4 Å². The van der Waals surface area contributed by atoms with Gasteiger partial charge in [0.2, 0.25) is 11.8 Å². The molecule has 1 unspecified atom stereocenters. The molecule has 1 saturated heterocycles. The molecule has 1 atom stereocenters. The number of hydrogen-bond donors (Lipinski definition) is 1. The zero-order chi connectivity index (χ0) is 19.1. The second-order valence-electron chi connectivity index (χ2n) is 8.45. The molecule has 0 radical (unpaired) electrons. The first-order valence-electron chi connectivity index (χ1n) is 10.3. The molecule has 0 bridgehead atoms. The van der Waals surface area contributed by atoms with E-state index in [4.69, 9.17) is 0 Å². The first kappa shape index (κ1) is 17.4. The third-order valence-corrected chi connectivity index (χ3v) is 6.71. The topological polar surface area (TPSA) is 62.3 Å². The standard InChI is InChI=1S/C23H25N3O2/c27-21(25-17-4-3-11-24-15-17)19-14-23(20-6-2-1-5-18(19)20)9-12-26(13-10-23)22(28)16-7-8-16/h1-6,11,15-16,19H,7-10,12-14H2,(H,25,27). The molecule has 2 fully saturated rings. The Kier molecular flexibility index (Phi) is 4.18. The lowest BCUT2D eigenvalue weighted by Crippen LogP contribution is -2.45. The molecular weight excluding hydrogens is 350 g/mol. The van der Waals surface area contributed by atoms with Crippen molar-refractivity contribution in [1.82, 2.24) is 9.88 Å². The van der Waals surface area contributed by atoms with Crippen molar-refractivity contribution in [2.24, 2.45) is 5.92 Å². The number of carbonyl (C=O) groups excluding carboxylic acids is 2. The molecule has 2 aliphatic carbocycles. The number of pyridine rings is 1. The number of likely N-dealkylation sites (tertiary alicyclic amines) is 1. The number of benzene rings is 1. The zero-order valence-corrected chi connectivity index (χ0v) is 15.9. The fraction of sp³-hybridized carbons (Fsp3) is 0.435. The summed E-state index contributed by atoms with van der Waals surface area (Å²) in [6.07, 6.45) is 8.20. The molecule has 2 aromatic rings. The SMILES string of the molecule is O=C(Nc1cccnc1)C1CC2(CCN(C(=O)C3CC3)CC2)c2ccccc21. The highest BCUT2D eigenvalue weighted by Gasteiger charge is 2.48. The van der Waals surface area contributed by atoms with Gasteiger partial charge in [0.05, 0.1) is 17.8 Å². The Hall–Kier alpha value is -2.69. The summed E-state index contributed by atoms with van der Waals surface area (Å²) in [6.45, 7) is 1.61. The third-order valence-electron chi connectivity index (χ3n) is 6.71. The van der Waals surface area contributed by atoms with Crippen LogP contribution in [0.15, 0.2) is 48.8 Å². The predicted octanol–water partition coefficient (Wildman–Crippen LogP) is 3.48. The maximum absolute atomic E-state index is 13.1. The van der Waals surface area contributed by atoms with Crippen molar-refractivity contribution in [2.45, 2.75) is 43.4 Å². The van der Waals surface area contributed by atoms with Gasteiger partial charge in [-0.3, -0.25) is 14.6 Å². The molecule has 2 heterocycles. The van der Waals surface area contributed by atoms with E-state index in [0.29, 0.717) is 5.91 Å². The van der Waals surface area contributed by atoms with Crippen molar-refractivity contribution in [3.63, 3.8) is 0 Å². The van der Waals surface area contributed by atoms with Gasteiger partial charge in [-0.25, -0.2) is 0 Å². The fourth-order valence-corrected chi connectivity index (χ4v) is 5.01.